The molecular formula is C23H32O4. The zero-order valence-electron chi connectivity index (χ0n) is 17.0. The minimum Gasteiger partial charge on any atom is -0.504 e. The van der Waals surface area contributed by atoms with E-state index in [4.69, 9.17) is 4.74 Å². The topological polar surface area (TPSA) is 66.8 Å². The van der Waals surface area contributed by atoms with Gasteiger partial charge in [0.05, 0.1) is 12.7 Å². The van der Waals surface area contributed by atoms with E-state index in [2.05, 4.69) is 27.4 Å². The number of aromatic hydroxyl groups is 2. The van der Waals surface area contributed by atoms with Crippen LogP contribution in [0.4, 0.5) is 0 Å². The smallest absolute Gasteiger partial charge is 0.337 e. The molecule has 2 aliphatic rings. The molecule has 3 rings (SSSR count). The molecule has 0 aliphatic heterocycles. The van der Waals surface area contributed by atoms with E-state index in [0.717, 1.165) is 32.1 Å². The van der Waals surface area contributed by atoms with Gasteiger partial charge in [-0.25, -0.2) is 4.79 Å². The molecule has 4 atom stereocenters. The quantitative estimate of drug-likeness (QED) is 0.433. The van der Waals surface area contributed by atoms with Crippen LogP contribution in [0.1, 0.15) is 68.8 Å². The Labute approximate surface area is 162 Å². The molecule has 27 heavy (non-hydrogen) atoms. The third kappa shape index (κ3) is 3.13. The number of esters is 1. The molecule has 4 heteroatoms. The van der Waals surface area contributed by atoms with Crippen molar-refractivity contribution in [2.75, 3.05) is 7.11 Å². The van der Waals surface area contributed by atoms with E-state index < -0.39 is 5.97 Å². The summed E-state index contributed by atoms with van der Waals surface area (Å²) in [7, 11) is 1.31. The van der Waals surface area contributed by atoms with E-state index in [1.165, 1.54) is 18.7 Å². The molecule has 148 valence electrons. The van der Waals surface area contributed by atoms with Gasteiger partial charge < -0.3 is 14.9 Å². The Hall–Kier alpha value is -1.97. The van der Waals surface area contributed by atoms with Crippen LogP contribution in [0.3, 0.4) is 0 Å². The third-order valence-electron chi connectivity index (χ3n) is 7.73. The molecule has 0 aromatic heterocycles. The van der Waals surface area contributed by atoms with Gasteiger partial charge in [0.1, 0.15) is 0 Å². The van der Waals surface area contributed by atoms with Crippen molar-refractivity contribution in [2.24, 2.45) is 22.7 Å². The number of hydrogen-bond acceptors (Lipinski definition) is 4. The number of benzene rings is 1. The maximum absolute atomic E-state index is 12.0. The predicted molar refractivity (Wildman–Crippen MR) is 106 cm³/mol. The molecule has 2 fully saturated rings. The highest BCUT2D eigenvalue weighted by Gasteiger charge is 2.54. The monoisotopic (exact) mass is 372 g/mol. The Morgan fingerprint density at radius 3 is 2.67 bits per heavy atom. The number of methoxy groups -OCH3 is 1. The highest BCUT2D eigenvalue weighted by atomic mass is 16.5. The summed E-state index contributed by atoms with van der Waals surface area (Å²) in [5, 5.41) is 20.7. The molecule has 4 unspecified atom stereocenters. The first-order valence-corrected chi connectivity index (χ1v) is 9.95. The largest absolute Gasteiger partial charge is 0.504 e. The number of fused-ring (bicyclic) bond motifs is 1. The van der Waals surface area contributed by atoms with Gasteiger partial charge in [-0.1, -0.05) is 32.9 Å². The fourth-order valence-corrected chi connectivity index (χ4v) is 5.72. The average molecular weight is 373 g/mol. The molecule has 2 aliphatic carbocycles. The highest BCUT2D eigenvalue weighted by molar-refractivity contribution is 5.90. The summed E-state index contributed by atoms with van der Waals surface area (Å²) in [4.78, 5) is 12.0. The number of hydrogen-bond donors (Lipinski definition) is 2. The van der Waals surface area contributed by atoms with E-state index in [0.29, 0.717) is 23.8 Å². The van der Waals surface area contributed by atoms with E-state index >= 15 is 0 Å². The summed E-state index contributed by atoms with van der Waals surface area (Å²) >= 11 is 0. The van der Waals surface area contributed by atoms with Gasteiger partial charge in [-0.15, -0.1) is 0 Å². The van der Waals surface area contributed by atoms with Gasteiger partial charge >= 0.3 is 5.97 Å². The number of phenolic OH excluding ortho intramolecular Hbond substituents is 2. The maximum atomic E-state index is 12.0. The van der Waals surface area contributed by atoms with Gasteiger partial charge in [0, 0.05) is 0 Å². The minimum atomic E-state index is -0.510. The highest BCUT2D eigenvalue weighted by Crippen LogP contribution is 2.62. The fourth-order valence-electron chi connectivity index (χ4n) is 5.72. The molecule has 0 radical (unpaired) electrons. The summed E-state index contributed by atoms with van der Waals surface area (Å²) in [5.74, 6) is 0.0428. The first-order valence-electron chi connectivity index (χ1n) is 9.95. The number of phenols is 2. The van der Waals surface area contributed by atoms with Crippen molar-refractivity contribution in [2.45, 2.75) is 59.3 Å². The lowest BCUT2D eigenvalue weighted by Gasteiger charge is -2.59. The second-order valence-corrected chi connectivity index (χ2v) is 9.08. The Bertz CT molecular complexity index is 768. The third-order valence-corrected chi connectivity index (χ3v) is 7.73. The molecule has 4 nitrogen and oxygen atoms in total. The molecule has 0 saturated heterocycles. The Morgan fingerprint density at radius 1 is 1.30 bits per heavy atom. The van der Waals surface area contributed by atoms with Crippen molar-refractivity contribution in [3.63, 3.8) is 0 Å². The average Bonchev–Trinajstić information content (AvgIpc) is 2.63. The number of ether oxygens (including phenoxy) is 1. The van der Waals surface area contributed by atoms with Gasteiger partial charge in [0.15, 0.2) is 11.5 Å². The van der Waals surface area contributed by atoms with Crippen molar-refractivity contribution < 1.29 is 19.7 Å². The zero-order valence-corrected chi connectivity index (χ0v) is 17.0. The zero-order chi connectivity index (χ0) is 20.0. The van der Waals surface area contributed by atoms with E-state index in [1.54, 1.807) is 6.07 Å². The Morgan fingerprint density at radius 2 is 2.00 bits per heavy atom. The summed E-state index contributed by atoms with van der Waals surface area (Å²) in [6.45, 7) is 11.3. The van der Waals surface area contributed by atoms with Crippen LogP contribution in [-0.4, -0.2) is 23.3 Å². The van der Waals surface area contributed by atoms with Crippen LogP contribution in [0.2, 0.25) is 0 Å². The van der Waals surface area contributed by atoms with Crippen molar-refractivity contribution in [3.05, 3.63) is 35.4 Å². The van der Waals surface area contributed by atoms with Crippen molar-refractivity contribution in [1.82, 2.24) is 0 Å². The number of carbonyl (C=O) groups is 1. The second kappa shape index (κ2) is 6.88. The van der Waals surface area contributed by atoms with Gasteiger partial charge in [-0.05, 0) is 78.9 Å². The van der Waals surface area contributed by atoms with Crippen LogP contribution in [0.15, 0.2) is 24.3 Å². The molecule has 2 N–H and O–H groups in total. The molecule has 2 saturated carbocycles. The van der Waals surface area contributed by atoms with Crippen LogP contribution < -0.4 is 0 Å². The lowest BCUT2D eigenvalue weighted by atomic mass is 9.46. The van der Waals surface area contributed by atoms with Crippen molar-refractivity contribution >= 4 is 5.97 Å². The van der Waals surface area contributed by atoms with Crippen molar-refractivity contribution in [1.29, 1.82) is 0 Å². The number of allylic oxidation sites excluding steroid dienone is 1. The van der Waals surface area contributed by atoms with Gasteiger partial charge in [0.25, 0.3) is 0 Å². The molecule has 0 bridgehead atoms. The van der Waals surface area contributed by atoms with Gasteiger partial charge in [-0.3, -0.25) is 0 Å². The van der Waals surface area contributed by atoms with E-state index in [-0.39, 0.29) is 27.9 Å². The summed E-state index contributed by atoms with van der Waals surface area (Å²) in [6, 6.07) is 2.94. The van der Waals surface area contributed by atoms with E-state index in [1.807, 2.05) is 0 Å². The molecule has 1 aromatic rings. The number of carbonyl (C=O) groups excluding carboxylic acids is 1. The van der Waals surface area contributed by atoms with Crippen LogP contribution >= 0.6 is 0 Å². The summed E-state index contributed by atoms with van der Waals surface area (Å²) in [6.07, 6.45) is 6.30. The standard InChI is InChI=1S/C23H32O4/c1-14-7-6-8-19-22(14,3)10-9-15(2)23(19,4)13-17-11-16(21(26)27-5)12-18(24)20(17)25/h11-12,15,19,24-25H,1,6-10,13H2,2-5H3. The number of rotatable bonds is 3. The van der Waals surface area contributed by atoms with Crippen LogP contribution in [-0.2, 0) is 11.2 Å². The molecule has 0 amide bonds. The molecular weight excluding hydrogens is 340 g/mol. The molecule has 0 heterocycles. The Balaban J connectivity index is 2.03. The van der Waals surface area contributed by atoms with E-state index in [9.17, 15) is 15.0 Å². The predicted octanol–water partition coefficient (Wildman–Crippen LogP) is 5.23. The maximum Gasteiger partial charge on any atom is 0.337 e. The summed E-state index contributed by atoms with van der Waals surface area (Å²) < 4.78 is 4.80. The Kier molecular flexibility index (Phi) is 5.04. The minimum absolute atomic E-state index is 0.0466. The normalized spacial score (nSPS) is 33.4. The first kappa shape index (κ1) is 19.8. The molecule has 1 aromatic carbocycles. The van der Waals surface area contributed by atoms with Crippen LogP contribution in [0.5, 0.6) is 11.5 Å². The second-order valence-electron chi connectivity index (χ2n) is 9.08. The van der Waals surface area contributed by atoms with Crippen LogP contribution in [0, 0.1) is 22.7 Å². The fraction of sp³-hybridized carbons (Fsp3) is 0.609. The SMILES string of the molecule is C=C1CCCC2C1(C)CCC(C)C2(C)Cc1cc(C(=O)OC)cc(O)c1O. The lowest BCUT2D eigenvalue weighted by Crippen LogP contribution is -2.51. The first-order chi connectivity index (χ1) is 12.6. The summed E-state index contributed by atoms with van der Waals surface area (Å²) in [5.41, 5.74) is 2.31. The molecule has 0 spiro atoms. The van der Waals surface area contributed by atoms with Gasteiger partial charge in [0.2, 0.25) is 0 Å². The lowest BCUT2D eigenvalue weighted by molar-refractivity contribution is -0.0491. The van der Waals surface area contributed by atoms with Crippen LogP contribution in [0.25, 0.3) is 0 Å². The van der Waals surface area contributed by atoms with Crippen molar-refractivity contribution in [3.8, 4) is 11.5 Å². The van der Waals surface area contributed by atoms with Gasteiger partial charge in [-0.2, -0.15) is 0 Å².